The number of aryl methyl sites for hydroxylation is 4. The summed E-state index contributed by atoms with van der Waals surface area (Å²) in [6.07, 6.45) is 3.58. The van der Waals surface area contributed by atoms with Crippen LogP contribution in [-0.2, 0) is 25.7 Å². The second-order valence-electron chi connectivity index (χ2n) is 8.46. The Balaban J connectivity index is 0.000000490. The molecule has 0 nitrogen and oxygen atoms in total. The third-order valence-corrected chi connectivity index (χ3v) is 6.50. The van der Waals surface area contributed by atoms with Crippen molar-refractivity contribution in [2.75, 3.05) is 0 Å². The van der Waals surface area contributed by atoms with Crippen LogP contribution in [0.25, 0.3) is 0 Å². The van der Waals surface area contributed by atoms with Crippen LogP contribution in [0.2, 0.25) is 15.1 Å². The quantitative estimate of drug-likeness (QED) is 0.221. The van der Waals surface area contributed by atoms with E-state index in [0.29, 0.717) is 11.4 Å². The van der Waals surface area contributed by atoms with E-state index in [1.54, 1.807) is 13.0 Å². The minimum absolute atomic E-state index is 0. The molecule has 0 unspecified atom stereocenters. The van der Waals surface area contributed by atoms with Crippen LogP contribution < -0.4 is 0 Å². The third kappa shape index (κ3) is 14.5. The van der Waals surface area contributed by atoms with Gasteiger partial charge in [0.2, 0.25) is 0 Å². The fourth-order valence-corrected chi connectivity index (χ4v) is 3.89. The molecule has 0 heterocycles. The molecular formula is C34H41Cl3F2. The zero-order chi connectivity index (χ0) is 28.5. The smallest absolute Gasteiger partial charge is 0.129 e. The predicted octanol–water partition coefficient (Wildman–Crippen LogP) is 12.2. The van der Waals surface area contributed by atoms with Crippen LogP contribution in [0, 0.1) is 18.6 Å². The summed E-state index contributed by atoms with van der Waals surface area (Å²) in [5.74, 6) is -0.912. The second-order valence-corrected chi connectivity index (χ2v) is 9.74. The van der Waals surface area contributed by atoms with E-state index in [0.717, 1.165) is 34.9 Å². The van der Waals surface area contributed by atoms with Gasteiger partial charge in [-0.1, -0.05) is 124 Å². The largest absolute Gasteiger partial charge is 0.207 e. The molecule has 5 heteroatoms. The molecule has 0 fully saturated rings. The van der Waals surface area contributed by atoms with E-state index in [1.807, 2.05) is 36.4 Å². The summed E-state index contributed by atoms with van der Waals surface area (Å²) in [5.41, 5.74) is 5.40. The summed E-state index contributed by atoms with van der Waals surface area (Å²) >= 11 is 17.2. The Morgan fingerprint density at radius 3 is 1.41 bits per heavy atom. The van der Waals surface area contributed by atoms with Gasteiger partial charge in [0.05, 0.1) is 0 Å². The minimum Gasteiger partial charge on any atom is -0.207 e. The molecule has 0 spiro atoms. The van der Waals surface area contributed by atoms with Crippen molar-refractivity contribution >= 4 is 34.8 Å². The van der Waals surface area contributed by atoms with Gasteiger partial charge < -0.3 is 0 Å². The Morgan fingerprint density at radius 1 is 0.564 bits per heavy atom. The number of hydrogen-bond acceptors (Lipinski definition) is 0. The molecule has 4 aromatic carbocycles. The lowest BCUT2D eigenvalue weighted by Gasteiger charge is -1.98. The molecular weight excluding hydrogens is 553 g/mol. The average molecular weight is 594 g/mol. The molecule has 0 aliphatic rings. The first-order valence-corrected chi connectivity index (χ1v) is 13.9. The van der Waals surface area contributed by atoms with E-state index >= 15 is 0 Å². The van der Waals surface area contributed by atoms with Gasteiger partial charge in [0.1, 0.15) is 11.6 Å². The third-order valence-electron chi connectivity index (χ3n) is 5.66. The number of hydrogen-bond donors (Lipinski definition) is 0. The minimum atomic E-state index is -0.456. The van der Waals surface area contributed by atoms with Crippen molar-refractivity contribution in [1.29, 1.82) is 0 Å². The molecule has 0 bridgehead atoms. The van der Waals surface area contributed by atoms with Crippen molar-refractivity contribution in [2.45, 2.75) is 67.7 Å². The lowest BCUT2D eigenvalue weighted by Crippen LogP contribution is -1.91. The Bertz CT molecular complexity index is 1140. The fraction of sp³-hybridized carbons (Fsp3) is 0.294. The zero-order valence-corrected chi connectivity index (χ0v) is 25.1. The van der Waals surface area contributed by atoms with Crippen molar-refractivity contribution in [3.8, 4) is 0 Å². The first-order valence-electron chi connectivity index (χ1n) is 12.8. The van der Waals surface area contributed by atoms with Gasteiger partial charge in [-0.05, 0) is 85.7 Å². The number of halogens is 5. The molecule has 0 N–H and O–H groups in total. The second kappa shape index (κ2) is 20.5. The number of benzene rings is 4. The highest BCUT2D eigenvalue weighted by atomic mass is 35.5. The van der Waals surface area contributed by atoms with Gasteiger partial charge in [-0.3, -0.25) is 0 Å². The van der Waals surface area contributed by atoms with Crippen LogP contribution in [0.3, 0.4) is 0 Å². The molecule has 0 radical (unpaired) electrons. The topological polar surface area (TPSA) is 0 Å². The summed E-state index contributed by atoms with van der Waals surface area (Å²) in [6.45, 7) is 10.2. The van der Waals surface area contributed by atoms with Gasteiger partial charge in [0, 0.05) is 20.6 Å². The van der Waals surface area contributed by atoms with Crippen molar-refractivity contribution in [1.82, 2.24) is 0 Å². The van der Waals surface area contributed by atoms with Gasteiger partial charge in [-0.2, -0.15) is 0 Å². The highest BCUT2D eigenvalue weighted by Gasteiger charge is 2.03. The van der Waals surface area contributed by atoms with Gasteiger partial charge in [0.15, 0.2) is 0 Å². The summed E-state index contributed by atoms with van der Waals surface area (Å²) in [7, 11) is 0. The number of rotatable bonds is 4. The van der Waals surface area contributed by atoms with E-state index in [4.69, 9.17) is 34.8 Å². The van der Waals surface area contributed by atoms with E-state index in [-0.39, 0.29) is 13.0 Å². The maximum absolute atomic E-state index is 12.6. The molecule has 4 rings (SSSR count). The zero-order valence-electron chi connectivity index (χ0n) is 22.8. The Kier molecular flexibility index (Phi) is 19.2. The molecule has 39 heavy (non-hydrogen) atoms. The highest BCUT2D eigenvalue weighted by molar-refractivity contribution is 6.35. The lowest BCUT2D eigenvalue weighted by molar-refractivity contribution is 0.559. The van der Waals surface area contributed by atoms with Crippen LogP contribution in [0.15, 0.2) is 84.9 Å². The SMILES string of the molecule is C.CCc1c(F)cccc1F.CCc1ccc(C)cc1.CCc1ccc(Cl)cc1.CCc1ccc(Cl)cc1Cl. The summed E-state index contributed by atoms with van der Waals surface area (Å²) in [4.78, 5) is 0. The average Bonchev–Trinajstić information content (AvgIpc) is 2.91. The van der Waals surface area contributed by atoms with Crippen molar-refractivity contribution in [3.05, 3.63) is 139 Å². The Hall–Kier alpha value is -2.39. The summed E-state index contributed by atoms with van der Waals surface area (Å²) < 4.78 is 25.2. The van der Waals surface area contributed by atoms with Crippen molar-refractivity contribution in [2.24, 2.45) is 0 Å². The van der Waals surface area contributed by atoms with Crippen molar-refractivity contribution < 1.29 is 8.78 Å². The standard InChI is InChI=1S/C9H12.C8H8Cl2.C8H9Cl.C8H8F2.CH4/c1-3-9-6-4-8(2)5-7-9;1-2-6-3-4-7(9)5-8(6)10;1-2-7-3-5-8(9)6-4-7;1-2-6-7(9)4-3-5-8(6)10;/h4-7H,3H2,1-2H3;3-5H,2H2,1H3;3-6H,2H2,1H3;3-5H,2H2,1H3;1H4. The molecule has 4 aromatic rings. The van der Waals surface area contributed by atoms with E-state index in [9.17, 15) is 8.78 Å². The Morgan fingerprint density at radius 2 is 1.03 bits per heavy atom. The van der Waals surface area contributed by atoms with Crippen LogP contribution in [0.4, 0.5) is 8.78 Å². The molecule has 0 atom stereocenters. The molecule has 0 aliphatic carbocycles. The first-order chi connectivity index (χ1) is 18.1. The van der Waals surface area contributed by atoms with Gasteiger partial charge in [0.25, 0.3) is 0 Å². The molecule has 0 saturated heterocycles. The van der Waals surface area contributed by atoms with Crippen LogP contribution in [0.5, 0.6) is 0 Å². The molecule has 0 aromatic heterocycles. The highest BCUT2D eigenvalue weighted by Crippen LogP contribution is 2.20. The molecule has 212 valence electrons. The van der Waals surface area contributed by atoms with Gasteiger partial charge in [-0.25, -0.2) is 8.78 Å². The monoisotopic (exact) mass is 592 g/mol. The predicted molar refractivity (Wildman–Crippen MR) is 170 cm³/mol. The maximum atomic E-state index is 12.6. The van der Waals surface area contributed by atoms with E-state index in [1.165, 1.54) is 34.9 Å². The van der Waals surface area contributed by atoms with Crippen molar-refractivity contribution in [3.63, 3.8) is 0 Å². The van der Waals surface area contributed by atoms with Crippen LogP contribution >= 0.6 is 34.8 Å². The van der Waals surface area contributed by atoms with Gasteiger partial charge >= 0.3 is 0 Å². The van der Waals surface area contributed by atoms with Crippen LogP contribution in [0.1, 0.15) is 62.9 Å². The normalized spacial score (nSPS) is 9.49. The lowest BCUT2D eigenvalue weighted by atomic mass is 10.1. The maximum Gasteiger partial charge on any atom is 0.129 e. The molecule has 0 amide bonds. The summed E-state index contributed by atoms with van der Waals surface area (Å²) in [6, 6.07) is 26.0. The van der Waals surface area contributed by atoms with E-state index < -0.39 is 11.6 Å². The van der Waals surface area contributed by atoms with Crippen LogP contribution in [-0.4, -0.2) is 0 Å². The first kappa shape index (κ1) is 36.6. The van der Waals surface area contributed by atoms with Gasteiger partial charge in [-0.15, -0.1) is 0 Å². The van der Waals surface area contributed by atoms with E-state index in [2.05, 4.69) is 52.0 Å². The fourth-order valence-electron chi connectivity index (χ4n) is 3.22. The molecule has 0 saturated carbocycles. The Labute approximate surface area is 250 Å². The molecule has 0 aliphatic heterocycles. The summed E-state index contributed by atoms with van der Waals surface area (Å²) in [5, 5.41) is 2.27.